The summed E-state index contributed by atoms with van der Waals surface area (Å²) in [6.45, 7) is 6.53. The Morgan fingerprint density at radius 1 is 1.10 bits per heavy atom. The van der Waals surface area contributed by atoms with Gasteiger partial charge in [-0.15, -0.1) is 0 Å². The van der Waals surface area contributed by atoms with Crippen molar-refractivity contribution in [1.29, 1.82) is 0 Å². The van der Waals surface area contributed by atoms with Crippen LogP contribution in [0.3, 0.4) is 0 Å². The molecule has 0 unspecified atom stereocenters. The summed E-state index contributed by atoms with van der Waals surface area (Å²) in [5.74, 6) is -0.185. The average molecular weight is 435 g/mol. The first kappa shape index (κ1) is 24.2. The highest BCUT2D eigenvalue weighted by molar-refractivity contribution is 5.96. The van der Waals surface area contributed by atoms with Gasteiger partial charge in [-0.3, -0.25) is 4.79 Å². The second kappa shape index (κ2) is 9.85. The molecule has 168 valence electrons. The SMILES string of the molecule is CCN(C)C=Nc1cc(C)c(C(=O)N(C)Cc2cc(OC)cc(C(F)(F)F)c2)cc1C. The van der Waals surface area contributed by atoms with Crippen molar-refractivity contribution in [2.75, 3.05) is 27.7 Å². The fourth-order valence-electron chi connectivity index (χ4n) is 3.00. The van der Waals surface area contributed by atoms with Gasteiger partial charge in [-0.1, -0.05) is 0 Å². The third-order valence-electron chi connectivity index (χ3n) is 4.96. The lowest BCUT2D eigenvalue weighted by Crippen LogP contribution is -2.27. The van der Waals surface area contributed by atoms with Gasteiger partial charge in [0.25, 0.3) is 5.91 Å². The second-order valence-corrected chi connectivity index (χ2v) is 7.50. The van der Waals surface area contributed by atoms with Crippen LogP contribution in [-0.2, 0) is 12.7 Å². The van der Waals surface area contributed by atoms with Crippen LogP contribution < -0.4 is 4.74 Å². The summed E-state index contributed by atoms with van der Waals surface area (Å²) >= 11 is 0. The standard InChI is InChI=1S/C23H28F3N3O2/c1-7-28(4)14-27-21-9-15(2)20(8-16(21)3)22(30)29(5)13-17-10-18(23(24,25)26)12-19(11-17)31-6/h8-12,14H,7,13H2,1-6H3. The zero-order valence-corrected chi connectivity index (χ0v) is 18.7. The molecule has 31 heavy (non-hydrogen) atoms. The van der Waals surface area contributed by atoms with Crippen LogP contribution in [0.4, 0.5) is 18.9 Å². The Morgan fingerprint density at radius 2 is 1.77 bits per heavy atom. The number of ether oxygens (including phenoxy) is 1. The average Bonchev–Trinajstić information content (AvgIpc) is 2.72. The predicted octanol–water partition coefficient (Wildman–Crippen LogP) is 5.21. The number of nitrogens with zero attached hydrogens (tertiary/aromatic N) is 3. The molecule has 0 saturated carbocycles. The summed E-state index contributed by atoms with van der Waals surface area (Å²) in [5, 5.41) is 0. The van der Waals surface area contributed by atoms with Gasteiger partial charge in [0.15, 0.2) is 0 Å². The Hall–Kier alpha value is -3.03. The molecule has 1 amide bonds. The van der Waals surface area contributed by atoms with Gasteiger partial charge in [-0.25, -0.2) is 4.99 Å². The first-order chi connectivity index (χ1) is 14.5. The van der Waals surface area contributed by atoms with E-state index in [0.29, 0.717) is 11.1 Å². The van der Waals surface area contributed by atoms with E-state index in [0.717, 1.165) is 35.5 Å². The van der Waals surface area contributed by atoms with Gasteiger partial charge in [0.1, 0.15) is 5.75 Å². The van der Waals surface area contributed by atoms with Gasteiger partial charge in [-0.2, -0.15) is 13.2 Å². The summed E-state index contributed by atoms with van der Waals surface area (Å²) in [6, 6.07) is 7.07. The lowest BCUT2D eigenvalue weighted by molar-refractivity contribution is -0.137. The summed E-state index contributed by atoms with van der Waals surface area (Å²) in [4.78, 5) is 20.8. The minimum atomic E-state index is -4.50. The largest absolute Gasteiger partial charge is 0.497 e. The number of aliphatic imine (C=N–C) groups is 1. The monoisotopic (exact) mass is 435 g/mol. The first-order valence-electron chi connectivity index (χ1n) is 9.82. The van der Waals surface area contributed by atoms with Gasteiger partial charge in [-0.05, 0) is 67.8 Å². The number of carbonyl (C=O) groups is 1. The van der Waals surface area contributed by atoms with Crippen LogP contribution in [0.25, 0.3) is 0 Å². The molecule has 0 aliphatic heterocycles. The van der Waals surface area contributed by atoms with E-state index in [1.165, 1.54) is 18.1 Å². The highest BCUT2D eigenvalue weighted by Gasteiger charge is 2.31. The normalized spacial score (nSPS) is 11.6. The molecule has 0 N–H and O–H groups in total. The van der Waals surface area contributed by atoms with E-state index >= 15 is 0 Å². The molecule has 0 radical (unpaired) electrons. The van der Waals surface area contributed by atoms with Crippen molar-refractivity contribution >= 4 is 17.9 Å². The summed E-state index contributed by atoms with van der Waals surface area (Å²) in [7, 11) is 4.79. The summed E-state index contributed by atoms with van der Waals surface area (Å²) in [5.41, 5.74) is 2.36. The zero-order valence-electron chi connectivity index (χ0n) is 18.7. The van der Waals surface area contributed by atoms with E-state index in [1.807, 2.05) is 38.8 Å². The Labute approximate surface area is 181 Å². The van der Waals surface area contributed by atoms with E-state index in [4.69, 9.17) is 4.74 Å². The maximum absolute atomic E-state index is 13.2. The van der Waals surface area contributed by atoms with E-state index in [-0.39, 0.29) is 18.2 Å². The number of hydrogen-bond donors (Lipinski definition) is 0. The lowest BCUT2D eigenvalue weighted by atomic mass is 10.0. The molecular weight excluding hydrogens is 407 g/mol. The fourth-order valence-corrected chi connectivity index (χ4v) is 3.00. The topological polar surface area (TPSA) is 45.1 Å². The molecular formula is C23H28F3N3O2. The van der Waals surface area contributed by atoms with Crippen molar-refractivity contribution in [2.45, 2.75) is 33.5 Å². The quantitative estimate of drug-likeness (QED) is 0.443. The van der Waals surface area contributed by atoms with Crippen LogP contribution in [0.2, 0.25) is 0 Å². The predicted molar refractivity (Wildman–Crippen MR) is 116 cm³/mol. The number of aryl methyl sites for hydroxylation is 2. The zero-order chi connectivity index (χ0) is 23.3. The van der Waals surface area contributed by atoms with Crippen LogP contribution in [0.5, 0.6) is 5.75 Å². The Balaban J connectivity index is 2.28. The van der Waals surface area contributed by atoms with E-state index in [9.17, 15) is 18.0 Å². The minimum absolute atomic E-state index is 0.0127. The van der Waals surface area contributed by atoms with Crippen LogP contribution in [-0.4, -0.2) is 49.8 Å². The molecule has 0 aliphatic rings. The molecule has 0 heterocycles. The van der Waals surface area contributed by atoms with Crippen LogP contribution in [0, 0.1) is 13.8 Å². The summed E-state index contributed by atoms with van der Waals surface area (Å²) in [6.07, 6.45) is -2.77. The van der Waals surface area contributed by atoms with Crippen molar-refractivity contribution in [2.24, 2.45) is 4.99 Å². The number of alkyl halides is 3. The highest BCUT2D eigenvalue weighted by atomic mass is 19.4. The highest BCUT2D eigenvalue weighted by Crippen LogP contribution is 2.33. The molecule has 0 aromatic heterocycles. The van der Waals surface area contributed by atoms with E-state index < -0.39 is 11.7 Å². The minimum Gasteiger partial charge on any atom is -0.497 e. The van der Waals surface area contributed by atoms with E-state index in [1.54, 1.807) is 19.5 Å². The van der Waals surface area contributed by atoms with Gasteiger partial charge in [0.2, 0.25) is 0 Å². The Bertz CT molecular complexity index is 971. The Kier molecular flexibility index (Phi) is 7.70. The van der Waals surface area contributed by atoms with Crippen molar-refractivity contribution in [1.82, 2.24) is 9.80 Å². The molecule has 2 aromatic rings. The molecule has 0 spiro atoms. The number of halogens is 3. The number of methoxy groups -OCH3 is 1. The maximum atomic E-state index is 13.2. The van der Waals surface area contributed by atoms with Crippen LogP contribution >= 0.6 is 0 Å². The molecule has 0 bridgehead atoms. The summed E-state index contributed by atoms with van der Waals surface area (Å²) < 4.78 is 44.5. The fraction of sp³-hybridized carbons (Fsp3) is 0.391. The third-order valence-corrected chi connectivity index (χ3v) is 4.96. The van der Waals surface area contributed by atoms with E-state index in [2.05, 4.69) is 4.99 Å². The lowest BCUT2D eigenvalue weighted by Gasteiger charge is -2.20. The van der Waals surface area contributed by atoms with Crippen molar-refractivity contribution in [3.8, 4) is 5.75 Å². The number of benzene rings is 2. The van der Waals surface area contributed by atoms with Gasteiger partial charge in [0, 0.05) is 32.7 Å². The smallest absolute Gasteiger partial charge is 0.416 e. The molecule has 0 atom stereocenters. The Morgan fingerprint density at radius 3 is 2.35 bits per heavy atom. The van der Waals surface area contributed by atoms with Crippen molar-refractivity contribution in [3.05, 3.63) is 58.1 Å². The number of rotatable bonds is 7. The van der Waals surface area contributed by atoms with Crippen molar-refractivity contribution in [3.63, 3.8) is 0 Å². The first-order valence-corrected chi connectivity index (χ1v) is 9.82. The van der Waals surface area contributed by atoms with Gasteiger partial charge >= 0.3 is 6.18 Å². The van der Waals surface area contributed by atoms with Gasteiger partial charge < -0.3 is 14.5 Å². The van der Waals surface area contributed by atoms with Crippen LogP contribution in [0.15, 0.2) is 35.3 Å². The molecule has 0 aliphatic carbocycles. The maximum Gasteiger partial charge on any atom is 0.416 e. The van der Waals surface area contributed by atoms with Gasteiger partial charge in [0.05, 0.1) is 24.7 Å². The molecule has 0 fully saturated rings. The number of hydrogen-bond acceptors (Lipinski definition) is 3. The number of amides is 1. The van der Waals surface area contributed by atoms with Crippen LogP contribution in [0.1, 0.15) is 39.5 Å². The second-order valence-electron chi connectivity index (χ2n) is 7.50. The number of carbonyl (C=O) groups excluding carboxylic acids is 1. The van der Waals surface area contributed by atoms with Crippen molar-refractivity contribution < 1.29 is 22.7 Å². The molecule has 5 nitrogen and oxygen atoms in total. The molecule has 0 saturated heterocycles. The molecule has 8 heteroatoms. The molecule has 2 aromatic carbocycles. The third kappa shape index (κ3) is 6.23. The molecule has 2 rings (SSSR count).